The first kappa shape index (κ1) is 17.5. The molecule has 0 radical (unpaired) electrons. The molecule has 0 aliphatic rings. The van der Waals surface area contributed by atoms with Crippen LogP contribution in [0.5, 0.6) is 0 Å². The molecule has 6 nitrogen and oxygen atoms in total. The summed E-state index contributed by atoms with van der Waals surface area (Å²) in [5, 5.41) is 11.1. The van der Waals surface area contributed by atoms with Crippen LogP contribution in [0.15, 0.2) is 24.3 Å². The molecular weight excluding hydrogens is 316 g/mol. The average molecular weight is 331 g/mol. The summed E-state index contributed by atoms with van der Waals surface area (Å²) in [4.78, 5) is 33.8. The van der Waals surface area contributed by atoms with Crippen molar-refractivity contribution in [2.75, 3.05) is 11.5 Å². The third-order valence-corrected chi connectivity index (χ3v) is 3.82. The van der Waals surface area contributed by atoms with Crippen molar-refractivity contribution in [1.82, 2.24) is 5.32 Å². The second kappa shape index (κ2) is 8.66. The van der Waals surface area contributed by atoms with E-state index in [0.29, 0.717) is 5.75 Å². The zero-order valence-electron chi connectivity index (χ0n) is 11.0. The predicted octanol–water partition coefficient (Wildman–Crippen LogP) is 1.13. The van der Waals surface area contributed by atoms with Crippen LogP contribution in [0.3, 0.4) is 0 Å². The molecule has 1 aromatic rings. The van der Waals surface area contributed by atoms with E-state index >= 15 is 0 Å². The van der Waals surface area contributed by atoms with Crippen LogP contribution in [0, 0.1) is 0 Å². The number of carbonyl (C=O) groups is 3. The van der Waals surface area contributed by atoms with E-state index < -0.39 is 23.8 Å². The number of nitrogens with one attached hydrogen (secondary N) is 1. The number of hydrogen-bond acceptors (Lipinski definition) is 5. The first-order valence-corrected chi connectivity index (χ1v) is 7.60. The number of rotatable bonds is 7. The Balaban J connectivity index is 2.33. The van der Waals surface area contributed by atoms with Gasteiger partial charge in [0.05, 0.1) is 16.3 Å². The first-order valence-electron chi connectivity index (χ1n) is 6.06. The van der Waals surface area contributed by atoms with Gasteiger partial charge in [-0.2, -0.15) is 11.8 Å². The van der Waals surface area contributed by atoms with Crippen molar-refractivity contribution in [3.05, 3.63) is 34.9 Å². The lowest BCUT2D eigenvalue weighted by molar-refractivity contribution is -0.138. The Hall–Kier alpha value is -1.57. The Morgan fingerprint density at radius 2 is 2.00 bits per heavy atom. The molecule has 0 aromatic heterocycles. The molecule has 0 saturated carbocycles. The Morgan fingerprint density at radius 1 is 1.33 bits per heavy atom. The van der Waals surface area contributed by atoms with Gasteiger partial charge >= 0.3 is 5.97 Å². The average Bonchev–Trinajstić information content (AvgIpc) is 2.43. The van der Waals surface area contributed by atoms with Crippen LogP contribution in [-0.2, 0) is 9.59 Å². The van der Waals surface area contributed by atoms with Crippen LogP contribution in [0.25, 0.3) is 0 Å². The number of carbonyl (C=O) groups excluding carboxylic acids is 2. The maximum absolute atomic E-state index is 11.8. The van der Waals surface area contributed by atoms with Crippen LogP contribution in [0.2, 0.25) is 5.02 Å². The van der Waals surface area contributed by atoms with E-state index in [4.69, 9.17) is 22.4 Å². The minimum absolute atomic E-state index is 0.0442. The van der Waals surface area contributed by atoms with Crippen molar-refractivity contribution in [3.63, 3.8) is 0 Å². The van der Waals surface area contributed by atoms with E-state index in [2.05, 4.69) is 5.32 Å². The molecule has 8 heteroatoms. The Labute approximate surface area is 131 Å². The Morgan fingerprint density at radius 3 is 2.62 bits per heavy atom. The van der Waals surface area contributed by atoms with E-state index in [1.165, 1.54) is 17.8 Å². The van der Waals surface area contributed by atoms with Gasteiger partial charge in [0.1, 0.15) is 6.04 Å². The Kier molecular flexibility index (Phi) is 7.21. The highest BCUT2D eigenvalue weighted by Gasteiger charge is 2.14. The molecular formula is C13H15ClN2O4S. The summed E-state index contributed by atoms with van der Waals surface area (Å²) < 4.78 is 0. The number of carboxylic acids is 1. The highest BCUT2D eigenvalue weighted by Crippen LogP contribution is 2.14. The lowest BCUT2D eigenvalue weighted by atomic mass is 10.2. The molecule has 0 aliphatic carbocycles. The fraction of sp³-hybridized carbons (Fsp3) is 0.308. The fourth-order valence-corrected chi connectivity index (χ4v) is 2.42. The quantitative estimate of drug-likeness (QED) is 0.647. The third-order valence-electron chi connectivity index (χ3n) is 2.49. The molecule has 1 atom stereocenters. The number of amides is 2. The standard InChI is InChI=1S/C13H15ClN2O4S/c14-9-4-2-1-3-8(9)12(18)16-11(17)7-21-6-5-10(15)13(19)20/h1-4,10H,5-7,15H2,(H,19,20)(H,16,17,18). The fourth-order valence-electron chi connectivity index (χ4n) is 1.37. The van der Waals surface area contributed by atoms with Crippen LogP contribution < -0.4 is 11.1 Å². The number of thioether (sulfide) groups is 1. The van der Waals surface area contributed by atoms with Crippen LogP contribution in [0.4, 0.5) is 0 Å². The van der Waals surface area contributed by atoms with Gasteiger partial charge in [0.15, 0.2) is 0 Å². The van der Waals surface area contributed by atoms with E-state index in [9.17, 15) is 14.4 Å². The van der Waals surface area contributed by atoms with Gasteiger partial charge in [0.2, 0.25) is 5.91 Å². The number of benzene rings is 1. The minimum Gasteiger partial charge on any atom is -0.480 e. The van der Waals surface area contributed by atoms with Gasteiger partial charge in [0.25, 0.3) is 5.91 Å². The van der Waals surface area contributed by atoms with Crippen molar-refractivity contribution in [2.24, 2.45) is 5.73 Å². The van der Waals surface area contributed by atoms with E-state index in [1.54, 1.807) is 18.2 Å². The second-order valence-corrected chi connectivity index (χ2v) is 5.66. The number of halogens is 1. The molecule has 2 amide bonds. The molecule has 114 valence electrons. The predicted molar refractivity (Wildman–Crippen MR) is 81.5 cm³/mol. The molecule has 1 aromatic carbocycles. The number of nitrogens with two attached hydrogens (primary N) is 1. The largest absolute Gasteiger partial charge is 0.480 e. The monoisotopic (exact) mass is 330 g/mol. The highest BCUT2D eigenvalue weighted by atomic mass is 35.5. The summed E-state index contributed by atoms with van der Waals surface area (Å²) >= 11 is 7.05. The molecule has 0 aliphatic heterocycles. The molecule has 0 heterocycles. The van der Waals surface area contributed by atoms with Crippen LogP contribution in [-0.4, -0.2) is 40.4 Å². The zero-order chi connectivity index (χ0) is 15.8. The van der Waals surface area contributed by atoms with Gasteiger partial charge in [-0.1, -0.05) is 23.7 Å². The van der Waals surface area contributed by atoms with Gasteiger partial charge in [-0.05, 0) is 24.3 Å². The summed E-state index contributed by atoms with van der Waals surface area (Å²) in [6, 6.07) is 5.47. The molecule has 0 fully saturated rings. The molecule has 4 N–H and O–H groups in total. The Bertz CT molecular complexity index is 539. The SMILES string of the molecule is NC(CCSCC(=O)NC(=O)c1ccccc1Cl)C(=O)O. The van der Waals surface area contributed by atoms with Gasteiger partial charge < -0.3 is 10.8 Å². The third kappa shape index (κ3) is 6.16. The van der Waals surface area contributed by atoms with Crippen molar-refractivity contribution in [1.29, 1.82) is 0 Å². The van der Waals surface area contributed by atoms with Crippen LogP contribution >= 0.6 is 23.4 Å². The smallest absolute Gasteiger partial charge is 0.320 e. The molecule has 21 heavy (non-hydrogen) atoms. The second-order valence-electron chi connectivity index (χ2n) is 4.14. The van der Waals surface area contributed by atoms with Crippen molar-refractivity contribution >= 4 is 41.1 Å². The summed E-state index contributed by atoms with van der Waals surface area (Å²) in [7, 11) is 0. The summed E-state index contributed by atoms with van der Waals surface area (Å²) in [5.41, 5.74) is 5.55. The maximum atomic E-state index is 11.8. The minimum atomic E-state index is -1.08. The first-order chi connectivity index (χ1) is 9.91. The molecule has 0 bridgehead atoms. The summed E-state index contributed by atoms with van der Waals surface area (Å²) in [5.74, 6) is -1.64. The summed E-state index contributed by atoms with van der Waals surface area (Å²) in [6.45, 7) is 0. The maximum Gasteiger partial charge on any atom is 0.320 e. The molecule has 0 saturated heterocycles. The molecule has 0 spiro atoms. The number of aliphatic carboxylic acids is 1. The number of carboxylic acid groups (broad SMARTS) is 1. The molecule has 1 unspecified atom stereocenters. The highest BCUT2D eigenvalue weighted by molar-refractivity contribution is 7.99. The topological polar surface area (TPSA) is 109 Å². The lowest BCUT2D eigenvalue weighted by Crippen LogP contribution is -2.33. The van der Waals surface area contributed by atoms with Crippen molar-refractivity contribution in [2.45, 2.75) is 12.5 Å². The number of hydrogen-bond donors (Lipinski definition) is 3. The van der Waals surface area contributed by atoms with Gasteiger partial charge in [0, 0.05) is 0 Å². The lowest BCUT2D eigenvalue weighted by Gasteiger charge is -2.07. The van der Waals surface area contributed by atoms with E-state index in [1.807, 2.05) is 0 Å². The van der Waals surface area contributed by atoms with E-state index in [-0.39, 0.29) is 22.8 Å². The van der Waals surface area contributed by atoms with Gasteiger partial charge in [-0.15, -0.1) is 0 Å². The van der Waals surface area contributed by atoms with Crippen LogP contribution in [0.1, 0.15) is 16.8 Å². The number of imide groups is 1. The van der Waals surface area contributed by atoms with E-state index in [0.717, 1.165) is 0 Å². The molecule has 1 rings (SSSR count). The normalized spacial score (nSPS) is 11.7. The zero-order valence-corrected chi connectivity index (χ0v) is 12.6. The summed E-state index contributed by atoms with van der Waals surface area (Å²) in [6.07, 6.45) is 0.256. The van der Waals surface area contributed by atoms with Gasteiger partial charge in [-0.3, -0.25) is 19.7 Å². The van der Waals surface area contributed by atoms with Gasteiger partial charge in [-0.25, -0.2) is 0 Å². The van der Waals surface area contributed by atoms with Crippen molar-refractivity contribution in [3.8, 4) is 0 Å². The van der Waals surface area contributed by atoms with Crippen molar-refractivity contribution < 1.29 is 19.5 Å².